The van der Waals surface area contributed by atoms with E-state index in [1.165, 1.54) is 11.1 Å². The molecule has 1 aliphatic rings. The van der Waals surface area contributed by atoms with Gasteiger partial charge in [-0.3, -0.25) is 4.79 Å². The Morgan fingerprint density at radius 3 is 2.32 bits per heavy atom. The number of urea groups is 1. The lowest BCUT2D eigenvalue weighted by Gasteiger charge is -2.34. The molecule has 0 spiro atoms. The summed E-state index contributed by atoms with van der Waals surface area (Å²) in [7, 11) is 0. The third-order valence-electron chi connectivity index (χ3n) is 4.27. The molecule has 0 aromatic heterocycles. The van der Waals surface area contributed by atoms with Gasteiger partial charge in [0.1, 0.15) is 0 Å². The summed E-state index contributed by atoms with van der Waals surface area (Å²) in [5, 5.41) is 3.02. The highest BCUT2D eigenvalue weighted by atomic mass is 16.2. The molecule has 3 amide bonds. The topological polar surface area (TPSA) is 52.7 Å². The smallest absolute Gasteiger partial charge is 0.317 e. The normalized spacial score (nSPS) is 15.6. The van der Waals surface area contributed by atoms with E-state index < -0.39 is 0 Å². The molecule has 1 aliphatic heterocycles. The molecule has 0 unspecified atom stereocenters. The van der Waals surface area contributed by atoms with Gasteiger partial charge < -0.3 is 15.1 Å². The van der Waals surface area contributed by atoms with Crippen molar-refractivity contribution in [2.75, 3.05) is 32.7 Å². The van der Waals surface area contributed by atoms with Crippen LogP contribution in [-0.4, -0.2) is 55.0 Å². The molecule has 22 heavy (non-hydrogen) atoms. The van der Waals surface area contributed by atoms with Crippen LogP contribution >= 0.6 is 0 Å². The van der Waals surface area contributed by atoms with Gasteiger partial charge in [-0.15, -0.1) is 0 Å². The Balaban J connectivity index is 1.87. The van der Waals surface area contributed by atoms with Gasteiger partial charge in [-0.2, -0.15) is 0 Å². The Bertz CT molecular complexity index is 517. The molecule has 1 saturated heterocycles. The number of piperazine rings is 1. The maximum absolute atomic E-state index is 12.2. The summed E-state index contributed by atoms with van der Waals surface area (Å²) >= 11 is 0. The first-order valence-corrected chi connectivity index (χ1v) is 7.72. The molecule has 1 aromatic carbocycles. The summed E-state index contributed by atoms with van der Waals surface area (Å²) < 4.78 is 0. The first-order chi connectivity index (χ1) is 10.4. The Morgan fingerprint density at radius 1 is 1.18 bits per heavy atom. The van der Waals surface area contributed by atoms with Crippen LogP contribution in [0.2, 0.25) is 0 Å². The highest BCUT2D eigenvalue weighted by Gasteiger charge is 2.24. The lowest BCUT2D eigenvalue weighted by atomic mass is 9.84. The number of hydrogen-bond acceptors (Lipinski definition) is 2. The molecule has 0 radical (unpaired) electrons. The Morgan fingerprint density at radius 2 is 1.77 bits per heavy atom. The third-order valence-corrected chi connectivity index (χ3v) is 4.27. The summed E-state index contributed by atoms with van der Waals surface area (Å²) in [5.74, 6) is 0. The molecule has 2 rings (SSSR count). The van der Waals surface area contributed by atoms with Gasteiger partial charge in [0.2, 0.25) is 6.41 Å². The van der Waals surface area contributed by atoms with Crippen LogP contribution in [0.3, 0.4) is 0 Å². The van der Waals surface area contributed by atoms with E-state index in [4.69, 9.17) is 0 Å². The second-order valence-electron chi connectivity index (χ2n) is 6.54. The van der Waals surface area contributed by atoms with Crippen molar-refractivity contribution in [3.8, 4) is 0 Å². The fourth-order valence-corrected chi connectivity index (χ4v) is 2.55. The minimum absolute atomic E-state index is 0.0502. The van der Waals surface area contributed by atoms with E-state index in [2.05, 4.69) is 50.4 Å². The van der Waals surface area contributed by atoms with Gasteiger partial charge in [-0.1, -0.05) is 43.7 Å². The maximum atomic E-state index is 12.2. The van der Waals surface area contributed by atoms with Gasteiger partial charge >= 0.3 is 6.03 Å². The van der Waals surface area contributed by atoms with Gasteiger partial charge in [-0.25, -0.2) is 4.79 Å². The lowest BCUT2D eigenvalue weighted by molar-refractivity contribution is -0.119. The SMILES string of the molecule is Cc1ccc(C(C)(C)CNC(=O)N2CCN(C=O)CC2)cc1. The van der Waals surface area contributed by atoms with Crippen molar-refractivity contribution in [1.29, 1.82) is 0 Å². The Kier molecular flexibility index (Phi) is 5.06. The average Bonchev–Trinajstić information content (AvgIpc) is 2.53. The van der Waals surface area contributed by atoms with E-state index in [-0.39, 0.29) is 11.4 Å². The van der Waals surface area contributed by atoms with Crippen molar-refractivity contribution in [3.05, 3.63) is 35.4 Å². The second-order valence-corrected chi connectivity index (χ2v) is 6.54. The first kappa shape index (κ1) is 16.3. The van der Waals surface area contributed by atoms with E-state index >= 15 is 0 Å². The van der Waals surface area contributed by atoms with E-state index in [0.29, 0.717) is 32.7 Å². The summed E-state index contributed by atoms with van der Waals surface area (Å²) in [5.41, 5.74) is 2.33. The number of benzene rings is 1. The van der Waals surface area contributed by atoms with E-state index in [9.17, 15) is 9.59 Å². The largest absolute Gasteiger partial charge is 0.342 e. The van der Waals surface area contributed by atoms with Crippen LogP contribution in [0.4, 0.5) is 4.79 Å². The number of carbonyl (C=O) groups excluding carboxylic acids is 2. The first-order valence-electron chi connectivity index (χ1n) is 7.72. The van der Waals surface area contributed by atoms with Crippen molar-refractivity contribution in [2.45, 2.75) is 26.2 Å². The molecule has 0 aliphatic carbocycles. The van der Waals surface area contributed by atoms with Gasteiger partial charge in [0, 0.05) is 38.1 Å². The number of aryl methyl sites for hydroxylation is 1. The van der Waals surface area contributed by atoms with Crippen molar-refractivity contribution in [1.82, 2.24) is 15.1 Å². The van der Waals surface area contributed by atoms with Crippen molar-refractivity contribution >= 4 is 12.4 Å². The Hall–Kier alpha value is -2.04. The molecule has 5 nitrogen and oxygen atoms in total. The zero-order valence-electron chi connectivity index (χ0n) is 13.6. The van der Waals surface area contributed by atoms with Gasteiger partial charge in [-0.05, 0) is 12.5 Å². The van der Waals surface area contributed by atoms with Crippen LogP contribution in [0.1, 0.15) is 25.0 Å². The van der Waals surface area contributed by atoms with Crippen LogP contribution in [0, 0.1) is 6.92 Å². The van der Waals surface area contributed by atoms with Crippen molar-refractivity contribution < 1.29 is 9.59 Å². The molecule has 1 fully saturated rings. The summed E-state index contributed by atoms with van der Waals surface area (Å²) in [6.07, 6.45) is 0.843. The number of hydrogen-bond donors (Lipinski definition) is 1. The molecule has 0 atom stereocenters. The molecular formula is C17H25N3O2. The summed E-state index contributed by atoms with van der Waals surface area (Å²) in [6, 6.07) is 8.37. The average molecular weight is 303 g/mol. The zero-order valence-corrected chi connectivity index (χ0v) is 13.6. The summed E-state index contributed by atoms with van der Waals surface area (Å²) in [4.78, 5) is 26.4. The van der Waals surface area contributed by atoms with Crippen LogP contribution in [0.5, 0.6) is 0 Å². The predicted octanol–water partition coefficient (Wildman–Crippen LogP) is 1.76. The second kappa shape index (κ2) is 6.81. The minimum atomic E-state index is -0.117. The maximum Gasteiger partial charge on any atom is 0.317 e. The van der Waals surface area contributed by atoms with Gasteiger partial charge in [0.15, 0.2) is 0 Å². The third kappa shape index (κ3) is 4.00. The van der Waals surface area contributed by atoms with Gasteiger partial charge in [0.25, 0.3) is 0 Å². The molecular weight excluding hydrogens is 278 g/mol. The number of amides is 3. The number of nitrogens with one attached hydrogen (secondary N) is 1. The minimum Gasteiger partial charge on any atom is -0.342 e. The van der Waals surface area contributed by atoms with Crippen LogP contribution in [0.25, 0.3) is 0 Å². The van der Waals surface area contributed by atoms with E-state index in [1.54, 1.807) is 9.80 Å². The van der Waals surface area contributed by atoms with Gasteiger partial charge in [0.05, 0.1) is 0 Å². The van der Waals surface area contributed by atoms with Crippen LogP contribution < -0.4 is 5.32 Å². The highest BCUT2D eigenvalue weighted by molar-refractivity contribution is 5.74. The lowest BCUT2D eigenvalue weighted by Crippen LogP contribution is -2.52. The molecule has 0 bridgehead atoms. The molecule has 0 saturated carbocycles. The summed E-state index contributed by atoms with van der Waals surface area (Å²) in [6.45, 7) is 9.31. The molecule has 120 valence electrons. The monoisotopic (exact) mass is 303 g/mol. The van der Waals surface area contributed by atoms with Crippen LogP contribution in [-0.2, 0) is 10.2 Å². The van der Waals surface area contributed by atoms with Crippen molar-refractivity contribution in [3.63, 3.8) is 0 Å². The molecule has 1 heterocycles. The fourth-order valence-electron chi connectivity index (χ4n) is 2.55. The van der Waals surface area contributed by atoms with Crippen molar-refractivity contribution in [2.24, 2.45) is 0 Å². The standard InChI is InChI=1S/C17H25N3O2/c1-14-4-6-15(7-5-14)17(2,3)12-18-16(22)20-10-8-19(13-21)9-11-20/h4-7,13H,8-12H2,1-3H3,(H,18,22). The molecule has 1 aromatic rings. The van der Waals surface area contributed by atoms with Crippen LogP contribution in [0.15, 0.2) is 24.3 Å². The quantitative estimate of drug-likeness (QED) is 0.862. The predicted molar refractivity (Wildman–Crippen MR) is 86.8 cm³/mol. The van der Waals surface area contributed by atoms with E-state index in [1.807, 2.05) is 0 Å². The number of carbonyl (C=O) groups is 2. The molecule has 5 heteroatoms. The zero-order chi connectivity index (χ0) is 16.2. The fraction of sp³-hybridized carbons (Fsp3) is 0.529. The number of nitrogens with zero attached hydrogens (tertiary/aromatic N) is 2. The van der Waals surface area contributed by atoms with E-state index in [0.717, 1.165) is 6.41 Å². The number of rotatable bonds is 4. The Labute approximate surface area is 132 Å². The highest BCUT2D eigenvalue weighted by Crippen LogP contribution is 2.22. The molecule has 1 N–H and O–H groups in total.